The van der Waals surface area contributed by atoms with Gasteiger partial charge in [0.05, 0.1) is 19.8 Å². The molecule has 1 fully saturated rings. The van der Waals surface area contributed by atoms with Gasteiger partial charge >= 0.3 is 13.3 Å². The molecule has 2 rings (SSSR count). The van der Waals surface area contributed by atoms with Gasteiger partial charge in [0, 0.05) is 36.6 Å². The van der Waals surface area contributed by atoms with Gasteiger partial charge in [0.2, 0.25) is 0 Å². The first-order valence-corrected chi connectivity index (χ1v) is 11.6. The van der Waals surface area contributed by atoms with Gasteiger partial charge in [0.15, 0.2) is 6.29 Å². The maximum atomic E-state index is 12.7. The summed E-state index contributed by atoms with van der Waals surface area (Å²) in [5.41, 5.74) is -0.494. The van der Waals surface area contributed by atoms with Crippen molar-refractivity contribution in [3.63, 3.8) is 0 Å². The fourth-order valence-corrected chi connectivity index (χ4v) is 4.38. The molecular formula is C19H31N2O7P. The summed E-state index contributed by atoms with van der Waals surface area (Å²) < 4.78 is 36.2. The fourth-order valence-electron chi connectivity index (χ4n) is 2.96. The van der Waals surface area contributed by atoms with Gasteiger partial charge in [-0.15, -0.1) is 0 Å². The van der Waals surface area contributed by atoms with E-state index in [2.05, 4.69) is 4.98 Å². The van der Waals surface area contributed by atoms with E-state index in [1.807, 2.05) is 0 Å². The first kappa shape index (κ1) is 23.8. The Morgan fingerprint density at radius 2 is 2.03 bits per heavy atom. The van der Waals surface area contributed by atoms with Crippen molar-refractivity contribution >= 4 is 7.60 Å². The second kappa shape index (κ2) is 11.6. The smallest absolute Gasteiger partial charge is 0.353 e. The first-order chi connectivity index (χ1) is 13.9. The number of aromatic nitrogens is 2. The van der Waals surface area contributed by atoms with Gasteiger partial charge in [-0.1, -0.05) is 6.08 Å². The normalized spacial score (nSPS) is 18.9. The molecule has 1 aromatic rings. The number of H-pyrrole nitrogens is 1. The number of hydrogen-bond donors (Lipinski definition) is 1. The molecule has 1 aliphatic rings. The van der Waals surface area contributed by atoms with E-state index in [-0.39, 0.29) is 38.6 Å². The minimum Gasteiger partial charge on any atom is -0.353 e. The average Bonchev–Trinajstić information content (AvgIpc) is 2.69. The quantitative estimate of drug-likeness (QED) is 0.538. The Labute approximate surface area is 170 Å². The highest BCUT2D eigenvalue weighted by Crippen LogP contribution is 2.49. The second-order valence-electron chi connectivity index (χ2n) is 6.83. The van der Waals surface area contributed by atoms with E-state index in [0.29, 0.717) is 12.2 Å². The average molecular weight is 430 g/mol. The molecule has 1 N–H and O–H groups in total. The Morgan fingerprint density at radius 1 is 1.31 bits per heavy atom. The number of aromatic amines is 1. The van der Waals surface area contributed by atoms with E-state index >= 15 is 0 Å². The van der Waals surface area contributed by atoms with Crippen LogP contribution in [0.3, 0.4) is 0 Å². The zero-order valence-corrected chi connectivity index (χ0v) is 18.2. The molecule has 0 saturated carbocycles. The lowest BCUT2D eigenvalue weighted by Crippen LogP contribution is -2.33. The summed E-state index contributed by atoms with van der Waals surface area (Å²) in [7, 11) is -3.38. The predicted octanol–water partition coefficient (Wildman–Crippen LogP) is 2.78. The Bertz CT molecular complexity index is 817. The molecule has 0 aromatic carbocycles. The van der Waals surface area contributed by atoms with Crippen molar-refractivity contribution in [1.82, 2.24) is 9.55 Å². The fraction of sp³-hybridized carbons (Fsp3) is 0.684. The minimum absolute atomic E-state index is 0.234. The highest BCUT2D eigenvalue weighted by atomic mass is 31.2. The van der Waals surface area contributed by atoms with Gasteiger partial charge in [-0.05, 0) is 40.0 Å². The molecule has 1 aromatic heterocycles. The molecule has 10 heteroatoms. The molecule has 0 spiro atoms. The van der Waals surface area contributed by atoms with Crippen LogP contribution in [0.2, 0.25) is 0 Å². The third-order valence-corrected chi connectivity index (χ3v) is 6.19. The lowest BCUT2D eigenvalue weighted by molar-refractivity contribution is -0.167. The Morgan fingerprint density at radius 3 is 2.66 bits per heavy atom. The molecule has 9 nitrogen and oxygen atoms in total. The summed E-state index contributed by atoms with van der Waals surface area (Å²) in [6, 6.07) is 0. The SMILES string of the molecule is CCOP(=O)(C=C[C@@H](CO[C@H]1CCCCO1)Cn1cc(C)c(=O)[nH]c1=O)OCC. The summed E-state index contributed by atoms with van der Waals surface area (Å²) in [6.07, 6.45) is 5.75. The van der Waals surface area contributed by atoms with Gasteiger partial charge in [-0.2, -0.15) is 0 Å². The molecule has 1 aliphatic heterocycles. The van der Waals surface area contributed by atoms with E-state index in [9.17, 15) is 14.2 Å². The Balaban J connectivity index is 2.18. The van der Waals surface area contributed by atoms with Crippen LogP contribution in [-0.4, -0.2) is 42.3 Å². The van der Waals surface area contributed by atoms with Crippen molar-refractivity contribution in [2.75, 3.05) is 26.4 Å². The molecule has 0 amide bonds. The van der Waals surface area contributed by atoms with Crippen LogP contribution in [0.4, 0.5) is 0 Å². The van der Waals surface area contributed by atoms with Crippen LogP contribution in [0.5, 0.6) is 0 Å². The topological polar surface area (TPSA) is 109 Å². The summed E-state index contributed by atoms with van der Waals surface area (Å²) in [4.78, 5) is 26.1. The maximum absolute atomic E-state index is 12.7. The lowest BCUT2D eigenvalue weighted by Gasteiger charge is -2.25. The van der Waals surface area contributed by atoms with E-state index < -0.39 is 18.8 Å². The highest BCUT2D eigenvalue weighted by molar-refractivity contribution is 7.57. The highest BCUT2D eigenvalue weighted by Gasteiger charge is 2.22. The van der Waals surface area contributed by atoms with E-state index in [1.165, 1.54) is 16.6 Å². The van der Waals surface area contributed by atoms with E-state index in [0.717, 1.165) is 19.3 Å². The Hall–Kier alpha value is -1.51. The largest absolute Gasteiger partial charge is 0.353 e. The third kappa shape index (κ3) is 7.68. The third-order valence-electron chi connectivity index (χ3n) is 4.41. The van der Waals surface area contributed by atoms with Crippen LogP contribution in [-0.2, 0) is 29.6 Å². The maximum Gasteiger partial charge on any atom is 0.353 e. The van der Waals surface area contributed by atoms with Crippen LogP contribution in [0, 0.1) is 12.8 Å². The van der Waals surface area contributed by atoms with Gasteiger partial charge in [0.25, 0.3) is 5.56 Å². The van der Waals surface area contributed by atoms with Gasteiger partial charge in [-0.25, -0.2) is 4.79 Å². The number of aryl methyl sites for hydroxylation is 1. The zero-order chi connectivity index (χ0) is 21.3. The van der Waals surface area contributed by atoms with Crippen molar-refractivity contribution in [2.45, 2.75) is 52.9 Å². The van der Waals surface area contributed by atoms with Crippen LogP contribution in [0.15, 0.2) is 27.7 Å². The number of hydrogen-bond acceptors (Lipinski definition) is 7. The lowest BCUT2D eigenvalue weighted by atomic mass is 10.1. The second-order valence-corrected chi connectivity index (χ2v) is 8.72. The predicted molar refractivity (Wildman–Crippen MR) is 109 cm³/mol. The van der Waals surface area contributed by atoms with Crippen molar-refractivity contribution in [3.8, 4) is 0 Å². The molecule has 2 heterocycles. The van der Waals surface area contributed by atoms with Gasteiger partial charge < -0.3 is 18.5 Å². The first-order valence-electron chi connectivity index (χ1n) is 9.98. The van der Waals surface area contributed by atoms with Crippen LogP contribution >= 0.6 is 7.60 Å². The number of nitrogens with one attached hydrogen (secondary N) is 1. The number of ether oxygens (including phenoxy) is 2. The summed E-state index contributed by atoms with van der Waals surface area (Å²) >= 11 is 0. The zero-order valence-electron chi connectivity index (χ0n) is 17.3. The van der Waals surface area contributed by atoms with Crippen LogP contribution in [0.25, 0.3) is 0 Å². The standard InChI is InChI=1S/C19H31N2O7P/c1-4-27-29(24,28-5-2)11-9-16(14-26-17-8-6-7-10-25-17)13-21-12-15(3)18(22)20-19(21)23/h9,11-12,16-17H,4-8,10,13-14H2,1-3H3,(H,20,22,23)/t16-,17+/m1/s1. The number of rotatable bonds is 11. The monoisotopic (exact) mass is 430 g/mol. The summed E-state index contributed by atoms with van der Waals surface area (Å²) in [5.74, 6) is 1.11. The molecule has 0 aliphatic carbocycles. The van der Waals surface area contributed by atoms with Crippen molar-refractivity contribution in [2.24, 2.45) is 5.92 Å². The molecule has 0 unspecified atom stereocenters. The van der Waals surface area contributed by atoms with Crippen LogP contribution in [0.1, 0.15) is 38.7 Å². The Kier molecular flexibility index (Phi) is 9.52. The summed E-state index contributed by atoms with van der Waals surface area (Å²) in [5, 5.41) is 0. The number of nitrogens with zero attached hydrogens (tertiary/aromatic N) is 1. The minimum atomic E-state index is -3.38. The molecular weight excluding hydrogens is 399 g/mol. The molecule has 29 heavy (non-hydrogen) atoms. The van der Waals surface area contributed by atoms with Crippen molar-refractivity contribution in [1.29, 1.82) is 0 Å². The van der Waals surface area contributed by atoms with E-state index in [1.54, 1.807) is 26.8 Å². The molecule has 0 bridgehead atoms. The van der Waals surface area contributed by atoms with Crippen LogP contribution < -0.4 is 11.2 Å². The molecule has 0 radical (unpaired) electrons. The molecule has 2 atom stereocenters. The van der Waals surface area contributed by atoms with Crippen molar-refractivity contribution < 1.29 is 23.1 Å². The molecule has 1 saturated heterocycles. The summed E-state index contributed by atoms with van der Waals surface area (Å²) in [6.45, 7) is 6.75. The molecule has 164 valence electrons. The van der Waals surface area contributed by atoms with E-state index in [4.69, 9.17) is 18.5 Å². The van der Waals surface area contributed by atoms with Crippen molar-refractivity contribution in [3.05, 3.63) is 44.5 Å². The van der Waals surface area contributed by atoms with Gasteiger partial charge in [-0.3, -0.25) is 18.9 Å². The van der Waals surface area contributed by atoms with Gasteiger partial charge in [0.1, 0.15) is 0 Å².